The first-order chi connectivity index (χ1) is 9.34. The van der Waals surface area contributed by atoms with Gasteiger partial charge in [-0.1, -0.05) is 0 Å². The van der Waals surface area contributed by atoms with Gasteiger partial charge in [0.1, 0.15) is 5.69 Å². The van der Waals surface area contributed by atoms with Crippen molar-refractivity contribution in [2.24, 2.45) is 0 Å². The molecule has 3 N–H and O–H groups in total. The monoisotopic (exact) mass is 280 g/mol. The topological polar surface area (TPSA) is 99.3 Å². The van der Waals surface area contributed by atoms with E-state index >= 15 is 0 Å². The van der Waals surface area contributed by atoms with Gasteiger partial charge >= 0.3 is 5.97 Å². The van der Waals surface area contributed by atoms with E-state index in [4.69, 9.17) is 5.11 Å². The van der Waals surface area contributed by atoms with Crippen LogP contribution in [0.15, 0.2) is 0 Å². The van der Waals surface area contributed by atoms with E-state index in [-0.39, 0.29) is 18.1 Å². The number of ketones is 1. The summed E-state index contributed by atoms with van der Waals surface area (Å²) >= 11 is 0. The van der Waals surface area contributed by atoms with Gasteiger partial charge in [-0.25, -0.2) is 0 Å². The number of rotatable bonds is 7. The van der Waals surface area contributed by atoms with E-state index < -0.39 is 5.97 Å². The summed E-state index contributed by atoms with van der Waals surface area (Å²) in [4.78, 5) is 36.7. The Morgan fingerprint density at radius 3 is 2.35 bits per heavy atom. The minimum atomic E-state index is -0.835. The molecule has 0 fully saturated rings. The summed E-state index contributed by atoms with van der Waals surface area (Å²) in [6.45, 7) is 5.38. The molecule has 0 aliphatic heterocycles. The minimum absolute atomic E-state index is 0.0724. The molecule has 0 aliphatic rings. The first kappa shape index (κ1) is 15.9. The normalized spacial score (nSPS) is 10.3. The molecule has 0 spiro atoms. The van der Waals surface area contributed by atoms with Crippen molar-refractivity contribution in [2.45, 2.75) is 40.0 Å². The van der Waals surface area contributed by atoms with Crippen LogP contribution in [0.1, 0.15) is 58.3 Å². The number of aromatic nitrogens is 1. The molecule has 0 saturated carbocycles. The lowest BCUT2D eigenvalue weighted by Crippen LogP contribution is -2.25. The van der Waals surface area contributed by atoms with Crippen molar-refractivity contribution in [3.05, 3.63) is 22.5 Å². The van der Waals surface area contributed by atoms with E-state index in [2.05, 4.69) is 10.3 Å². The maximum Gasteiger partial charge on any atom is 0.303 e. The van der Waals surface area contributed by atoms with E-state index in [0.29, 0.717) is 41.9 Å². The highest BCUT2D eigenvalue weighted by atomic mass is 16.4. The number of unbranched alkanes of at least 4 members (excludes halogenated alkanes) is 1. The Kier molecular flexibility index (Phi) is 5.49. The number of H-pyrrole nitrogens is 1. The molecule has 1 heterocycles. The largest absolute Gasteiger partial charge is 0.481 e. The zero-order valence-electron chi connectivity index (χ0n) is 12.0. The van der Waals surface area contributed by atoms with Crippen LogP contribution in [0, 0.1) is 13.8 Å². The Balaban J connectivity index is 2.58. The lowest BCUT2D eigenvalue weighted by Gasteiger charge is -2.04. The number of hydrogen-bond donors (Lipinski definition) is 3. The Bertz CT molecular complexity index is 532. The number of aliphatic carboxylic acids is 1. The van der Waals surface area contributed by atoms with Gasteiger partial charge in [-0.05, 0) is 39.2 Å². The summed E-state index contributed by atoms with van der Waals surface area (Å²) in [5.74, 6) is -1.18. The number of carboxylic acids is 1. The summed E-state index contributed by atoms with van der Waals surface area (Å²) in [6, 6.07) is 0. The van der Waals surface area contributed by atoms with E-state index in [1.54, 1.807) is 13.8 Å². The number of amides is 1. The molecule has 0 radical (unpaired) electrons. The number of hydrogen-bond acceptors (Lipinski definition) is 3. The highest BCUT2D eigenvalue weighted by molar-refractivity contribution is 6.02. The van der Waals surface area contributed by atoms with Crippen molar-refractivity contribution in [1.82, 2.24) is 10.3 Å². The standard InChI is InChI=1S/C14H20N2O4/c1-8-12(10(3)17)9(2)16-13(8)14(20)15-7-5-4-6-11(18)19/h16H,4-7H2,1-3H3,(H,15,20)(H,18,19). The molecular weight excluding hydrogens is 260 g/mol. The van der Waals surface area contributed by atoms with Crippen LogP contribution < -0.4 is 5.32 Å². The summed E-state index contributed by atoms with van der Waals surface area (Å²) in [7, 11) is 0. The van der Waals surface area contributed by atoms with E-state index in [1.165, 1.54) is 6.92 Å². The van der Waals surface area contributed by atoms with Crippen LogP contribution in [0.5, 0.6) is 0 Å². The number of carbonyl (C=O) groups excluding carboxylic acids is 2. The van der Waals surface area contributed by atoms with Crippen LogP contribution in [-0.4, -0.2) is 34.3 Å². The lowest BCUT2D eigenvalue weighted by atomic mass is 10.1. The van der Waals surface area contributed by atoms with E-state index in [1.807, 2.05) is 0 Å². The van der Waals surface area contributed by atoms with Gasteiger partial charge < -0.3 is 15.4 Å². The Morgan fingerprint density at radius 1 is 1.20 bits per heavy atom. The van der Waals surface area contributed by atoms with Crippen molar-refractivity contribution in [3.63, 3.8) is 0 Å². The molecule has 1 rings (SSSR count). The Labute approximate surface area is 117 Å². The molecule has 110 valence electrons. The first-order valence-electron chi connectivity index (χ1n) is 6.54. The Hall–Kier alpha value is -2.11. The number of nitrogens with one attached hydrogen (secondary N) is 2. The van der Waals surface area contributed by atoms with Crippen LogP contribution in [0.2, 0.25) is 0 Å². The van der Waals surface area contributed by atoms with Crippen LogP contribution in [0.25, 0.3) is 0 Å². The highest BCUT2D eigenvalue weighted by Crippen LogP contribution is 2.18. The molecule has 0 aliphatic carbocycles. The molecule has 6 nitrogen and oxygen atoms in total. The van der Waals surface area contributed by atoms with Gasteiger partial charge in [-0.2, -0.15) is 0 Å². The van der Waals surface area contributed by atoms with Gasteiger partial charge in [-0.3, -0.25) is 14.4 Å². The first-order valence-corrected chi connectivity index (χ1v) is 6.54. The SMILES string of the molecule is CC(=O)c1c(C)[nH]c(C(=O)NCCCCC(=O)O)c1C. The zero-order chi connectivity index (χ0) is 15.3. The molecular formula is C14H20N2O4. The second kappa shape index (κ2) is 6.88. The van der Waals surface area contributed by atoms with Crippen LogP contribution in [-0.2, 0) is 4.79 Å². The molecule has 0 atom stereocenters. The minimum Gasteiger partial charge on any atom is -0.481 e. The van der Waals surface area contributed by atoms with E-state index in [9.17, 15) is 14.4 Å². The summed E-state index contributed by atoms with van der Waals surface area (Å²) < 4.78 is 0. The maximum absolute atomic E-state index is 12.0. The Morgan fingerprint density at radius 2 is 1.85 bits per heavy atom. The quantitative estimate of drug-likeness (QED) is 0.524. The van der Waals surface area contributed by atoms with Gasteiger partial charge in [0.15, 0.2) is 5.78 Å². The third kappa shape index (κ3) is 3.94. The average Bonchev–Trinajstić information content (AvgIpc) is 2.63. The van der Waals surface area contributed by atoms with Crippen LogP contribution in [0.4, 0.5) is 0 Å². The van der Waals surface area contributed by atoms with Crippen molar-refractivity contribution in [1.29, 1.82) is 0 Å². The third-order valence-electron chi connectivity index (χ3n) is 3.12. The molecule has 0 aromatic carbocycles. The van der Waals surface area contributed by atoms with Gasteiger partial charge in [0.25, 0.3) is 5.91 Å². The summed E-state index contributed by atoms with van der Waals surface area (Å²) in [6.07, 6.45) is 1.23. The third-order valence-corrected chi connectivity index (χ3v) is 3.12. The van der Waals surface area contributed by atoms with Crippen molar-refractivity contribution < 1.29 is 19.5 Å². The lowest BCUT2D eigenvalue weighted by molar-refractivity contribution is -0.137. The second-order valence-corrected chi connectivity index (χ2v) is 4.79. The number of Topliss-reactive ketones (excluding diaryl/α,β-unsaturated/α-hetero) is 1. The molecule has 6 heteroatoms. The smallest absolute Gasteiger partial charge is 0.303 e. The maximum atomic E-state index is 12.0. The van der Waals surface area contributed by atoms with Crippen molar-refractivity contribution in [3.8, 4) is 0 Å². The summed E-state index contributed by atoms with van der Waals surface area (Å²) in [5.41, 5.74) is 2.29. The van der Waals surface area contributed by atoms with Crippen LogP contribution >= 0.6 is 0 Å². The van der Waals surface area contributed by atoms with E-state index in [0.717, 1.165) is 0 Å². The number of aryl methyl sites for hydroxylation is 1. The predicted octanol–water partition coefficient (Wildman–Crippen LogP) is 1.82. The fraction of sp³-hybridized carbons (Fsp3) is 0.500. The molecule has 20 heavy (non-hydrogen) atoms. The van der Waals surface area contributed by atoms with Crippen molar-refractivity contribution in [2.75, 3.05) is 6.54 Å². The van der Waals surface area contributed by atoms with Gasteiger partial charge in [0.2, 0.25) is 0 Å². The molecule has 0 bridgehead atoms. The van der Waals surface area contributed by atoms with Gasteiger partial charge in [0.05, 0.1) is 0 Å². The molecule has 0 saturated heterocycles. The van der Waals surface area contributed by atoms with Crippen molar-refractivity contribution >= 4 is 17.7 Å². The fourth-order valence-corrected chi connectivity index (χ4v) is 2.20. The number of carboxylic acid groups (broad SMARTS) is 1. The molecule has 1 amide bonds. The highest BCUT2D eigenvalue weighted by Gasteiger charge is 2.19. The fourth-order valence-electron chi connectivity index (χ4n) is 2.20. The molecule has 1 aromatic rings. The van der Waals surface area contributed by atoms with Gasteiger partial charge in [0, 0.05) is 24.2 Å². The number of aromatic amines is 1. The molecule has 0 unspecified atom stereocenters. The van der Waals surface area contributed by atoms with Gasteiger partial charge in [-0.15, -0.1) is 0 Å². The summed E-state index contributed by atoms with van der Waals surface area (Å²) in [5, 5.41) is 11.2. The number of carbonyl (C=O) groups is 3. The van der Waals surface area contributed by atoms with Crippen LogP contribution in [0.3, 0.4) is 0 Å². The molecule has 1 aromatic heterocycles. The second-order valence-electron chi connectivity index (χ2n) is 4.79. The predicted molar refractivity (Wildman–Crippen MR) is 74.1 cm³/mol. The zero-order valence-corrected chi connectivity index (χ0v) is 12.0. The average molecular weight is 280 g/mol.